The summed E-state index contributed by atoms with van der Waals surface area (Å²) in [4.78, 5) is 12.9. The lowest BCUT2D eigenvalue weighted by Crippen LogP contribution is -2.48. The van der Waals surface area contributed by atoms with Crippen LogP contribution in [0.15, 0.2) is 18.2 Å². The third-order valence-electron chi connectivity index (χ3n) is 7.65. The number of nitrogens with two attached hydrogens (primary N) is 1. The Labute approximate surface area is 216 Å². The summed E-state index contributed by atoms with van der Waals surface area (Å²) < 4.78 is 5.94. The Kier molecular flexibility index (Phi) is 12.6. The van der Waals surface area contributed by atoms with Gasteiger partial charge in [0.2, 0.25) is 0 Å². The number of carbonyl (C=O) groups is 1. The van der Waals surface area contributed by atoms with E-state index in [2.05, 4.69) is 52.1 Å². The lowest BCUT2D eigenvalue weighted by Gasteiger charge is -2.45. The first-order chi connectivity index (χ1) is 16.7. The van der Waals surface area contributed by atoms with Crippen LogP contribution in [-0.4, -0.2) is 18.7 Å². The maximum atomic E-state index is 12.9. The summed E-state index contributed by atoms with van der Waals surface area (Å²) >= 11 is 0. The molecule has 1 aromatic carbocycles. The van der Waals surface area contributed by atoms with Crippen LogP contribution in [0.1, 0.15) is 129 Å². The summed E-state index contributed by atoms with van der Waals surface area (Å²) in [6.07, 6.45) is 17.3. The van der Waals surface area contributed by atoms with Gasteiger partial charge in [-0.25, -0.2) is 4.79 Å². The molecule has 4 heteroatoms. The number of rotatable bonds is 15. The van der Waals surface area contributed by atoms with E-state index in [4.69, 9.17) is 10.5 Å². The predicted molar refractivity (Wildman–Crippen MR) is 149 cm³/mol. The Bertz CT molecular complexity index is 760. The van der Waals surface area contributed by atoms with Crippen molar-refractivity contribution in [3.63, 3.8) is 0 Å². The highest BCUT2D eigenvalue weighted by atomic mass is 16.6. The highest BCUT2D eigenvalue weighted by Gasteiger charge is 2.40. The molecule has 200 valence electrons. The van der Waals surface area contributed by atoms with Gasteiger partial charge in [-0.15, -0.1) is 0 Å². The number of carbonyl (C=O) groups excluding carboxylic acids is 1. The molecule has 1 amide bonds. The highest BCUT2D eigenvalue weighted by molar-refractivity contribution is 5.71. The summed E-state index contributed by atoms with van der Waals surface area (Å²) in [5, 5.41) is 3.08. The molecule has 0 radical (unpaired) electrons. The molecule has 4 nitrogen and oxygen atoms in total. The Balaban J connectivity index is 2.01. The van der Waals surface area contributed by atoms with Crippen molar-refractivity contribution in [3.8, 4) is 5.75 Å². The van der Waals surface area contributed by atoms with Crippen LogP contribution in [0, 0.1) is 10.8 Å². The minimum atomic E-state index is -0.337. The van der Waals surface area contributed by atoms with Crippen molar-refractivity contribution < 1.29 is 9.53 Å². The van der Waals surface area contributed by atoms with Crippen LogP contribution in [0.25, 0.3) is 0 Å². The minimum Gasteiger partial charge on any atom is -0.410 e. The molecule has 0 saturated heterocycles. The van der Waals surface area contributed by atoms with E-state index in [1.807, 2.05) is 6.07 Å². The van der Waals surface area contributed by atoms with E-state index in [9.17, 15) is 4.79 Å². The van der Waals surface area contributed by atoms with Gasteiger partial charge < -0.3 is 15.8 Å². The lowest BCUT2D eigenvalue weighted by atomic mass is 9.63. The Morgan fingerprint density at radius 1 is 0.943 bits per heavy atom. The van der Waals surface area contributed by atoms with Crippen molar-refractivity contribution in [2.45, 2.75) is 137 Å². The second kappa shape index (κ2) is 14.9. The number of benzene rings is 1. The first kappa shape index (κ1) is 29.7. The van der Waals surface area contributed by atoms with Crippen LogP contribution in [0.5, 0.6) is 5.75 Å². The number of aryl methyl sites for hydroxylation is 1. The summed E-state index contributed by atoms with van der Waals surface area (Å²) in [6, 6.07) is 6.45. The number of amides is 1. The van der Waals surface area contributed by atoms with Crippen molar-refractivity contribution in [3.05, 3.63) is 29.3 Å². The number of nitrogens with one attached hydrogen (secondary N) is 1. The molecular weight excluding hydrogens is 432 g/mol. The van der Waals surface area contributed by atoms with Gasteiger partial charge in [0.1, 0.15) is 5.75 Å². The van der Waals surface area contributed by atoms with E-state index >= 15 is 0 Å². The first-order valence-electron chi connectivity index (χ1n) is 14.5. The Hall–Kier alpha value is -1.55. The molecule has 2 atom stereocenters. The number of hydrogen-bond acceptors (Lipinski definition) is 3. The SMILES string of the molecule is CCCCCCCc1cccc(OC(=O)NCC2(C)CC(N)CC(C)(C)C2)c1CCCCCCC. The summed E-state index contributed by atoms with van der Waals surface area (Å²) in [7, 11) is 0. The van der Waals surface area contributed by atoms with Gasteiger partial charge in [0, 0.05) is 12.6 Å². The third-order valence-corrected chi connectivity index (χ3v) is 7.65. The predicted octanol–water partition coefficient (Wildman–Crippen LogP) is 8.34. The normalized spacial score (nSPS) is 21.6. The lowest BCUT2D eigenvalue weighted by molar-refractivity contribution is 0.0821. The van der Waals surface area contributed by atoms with Gasteiger partial charge in [-0.2, -0.15) is 0 Å². The average Bonchev–Trinajstić information content (AvgIpc) is 2.77. The van der Waals surface area contributed by atoms with Crippen molar-refractivity contribution in [1.82, 2.24) is 5.32 Å². The van der Waals surface area contributed by atoms with Crippen LogP contribution in [-0.2, 0) is 12.8 Å². The molecule has 2 unspecified atom stereocenters. The molecule has 1 aliphatic rings. The smallest absolute Gasteiger partial charge is 0.410 e. The first-order valence-corrected chi connectivity index (χ1v) is 14.5. The third kappa shape index (κ3) is 10.9. The number of hydrogen-bond donors (Lipinski definition) is 2. The Morgan fingerprint density at radius 3 is 2.20 bits per heavy atom. The van der Waals surface area contributed by atoms with Crippen LogP contribution >= 0.6 is 0 Å². The average molecular weight is 487 g/mol. The van der Waals surface area contributed by atoms with Gasteiger partial charge in [-0.1, -0.05) is 98.1 Å². The van der Waals surface area contributed by atoms with Gasteiger partial charge in [0.05, 0.1) is 0 Å². The Morgan fingerprint density at radius 2 is 1.57 bits per heavy atom. The van der Waals surface area contributed by atoms with Crippen LogP contribution in [0.2, 0.25) is 0 Å². The topological polar surface area (TPSA) is 64.3 Å². The number of ether oxygens (including phenoxy) is 1. The van der Waals surface area contributed by atoms with E-state index in [1.165, 1.54) is 68.9 Å². The molecule has 3 N–H and O–H groups in total. The van der Waals surface area contributed by atoms with Gasteiger partial charge >= 0.3 is 6.09 Å². The molecule has 1 aliphatic carbocycles. The van der Waals surface area contributed by atoms with E-state index in [1.54, 1.807) is 0 Å². The molecule has 0 aliphatic heterocycles. The van der Waals surface area contributed by atoms with E-state index in [0.717, 1.165) is 44.3 Å². The zero-order valence-corrected chi connectivity index (χ0v) is 23.5. The summed E-state index contributed by atoms with van der Waals surface area (Å²) in [5.41, 5.74) is 9.15. The molecular formula is C31H54N2O2. The second-order valence-corrected chi connectivity index (χ2v) is 12.3. The van der Waals surface area contributed by atoms with E-state index in [-0.39, 0.29) is 23.0 Å². The molecule has 0 spiro atoms. The van der Waals surface area contributed by atoms with Gasteiger partial charge in [-0.3, -0.25) is 0 Å². The fourth-order valence-electron chi connectivity index (χ4n) is 6.32. The van der Waals surface area contributed by atoms with Crippen molar-refractivity contribution in [2.75, 3.05) is 6.54 Å². The minimum absolute atomic E-state index is 0.00261. The van der Waals surface area contributed by atoms with Crippen molar-refractivity contribution >= 4 is 6.09 Å². The van der Waals surface area contributed by atoms with E-state index < -0.39 is 0 Å². The molecule has 0 bridgehead atoms. The molecule has 1 aromatic rings. The van der Waals surface area contributed by atoms with Crippen molar-refractivity contribution in [1.29, 1.82) is 0 Å². The maximum Gasteiger partial charge on any atom is 0.412 e. The molecule has 1 fully saturated rings. The van der Waals surface area contributed by atoms with Crippen LogP contribution in [0.3, 0.4) is 0 Å². The van der Waals surface area contributed by atoms with E-state index in [0.29, 0.717) is 6.54 Å². The zero-order valence-electron chi connectivity index (χ0n) is 23.5. The van der Waals surface area contributed by atoms with Crippen LogP contribution < -0.4 is 15.8 Å². The zero-order chi connectivity index (χ0) is 25.7. The maximum absolute atomic E-state index is 12.9. The molecule has 2 rings (SSSR count). The van der Waals surface area contributed by atoms with Gasteiger partial charge in [0.15, 0.2) is 0 Å². The standard InChI is InChI=1S/C31H54N2O2/c1-6-8-10-12-14-17-25-18-16-20-28(27(25)19-15-13-11-9-7-2)35-29(34)33-24-31(5)22-26(32)21-30(3,4)23-31/h16,18,20,26H,6-15,17,19,21-24,32H2,1-5H3,(H,33,34). The number of unbranched alkanes of at least 4 members (excludes halogenated alkanes) is 8. The summed E-state index contributed by atoms with van der Waals surface area (Å²) in [6.45, 7) is 11.9. The molecule has 1 saturated carbocycles. The fraction of sp³-hybridized carbons (Fsp3) is 0.774. The highest BCUT2D eigenvalue weighted by Crippen LogP contribution is 2.45. The fourth-order valence-corrected chi connectivity index (χ4v) is 6.32. The second-order valence-electron chi connectivity index (χ2n) is 12.3. The summed E-state index contributed by atoms with van der Waals surface area (Å²) in [5.74, 6) is 0.745. The molecule has 0 heterocycles. The van der Waals surface area contributed by atoms with Crippen molar-refractivity contribution in [2.24, 2.45) is 16.6 Å². The van der Waals surface area contributed by atoms with Gasteiger partial charge in [-0.05, 0) is 73.0 Å². The van der Waals surface area contributed by atoms with Gasteiger partial charge in [0.25, 0.3) is 0 Å². The largest absolute Gasteiger partial charge is 0.412 e. The molecule has 35 heavy (non-hydrogen) atoms. The molecule has 0 aromatic heterocycles. The monoisotopic (exact) mass is 486 g/mol. The quantitative estimate of drug-likeness (QED) is 0.245. The van der Waals surface area contributed by atoms with Crippen LogP contribution in [0.4, 0.5) is 4.79 Å².